The van der Waals surface area contributed by atoms with Gasteiger partial charge in [-0.1, -0.05) is 0 Å². The van der Waals surface area contributed by atoms with Gasteiger partial charge in [0.15, 0.2) is 11.6 Å². The Morgan fingerprint density at radius 2 is 2.10 bits per heavy atom. The Balaban J connectivity index is 2.01. The molecular formula is C14H14FNO4. The second-order valence-electron chi connectivity index (χ2n) is 3.96. The van der Waals surface area contributed by atoms with Gasteiger partial charge >= 0.3 is 5.97 Å². The number of rotatable bonds is 5. The van der Waals surface area contributed by atoms with Gasteiger partial charge in [0.05, 0.1) is 20.8 Å². The van der Waals surface area contributed by atoms with Crippen molar-refractivity contribution in [3.8, 4) is 5.75 Å². The van der Waals surface area contributed by atoms with Crippen LogP contribution in [0.25, 0.3) is 0 Å². The third kappa shape index (κ3) is 3.09. The SMILES string of the molecule is COC(=O)c1ccc(CNc2ccc(F)c(OC)c2)o1. The molecule has 0 spiro atoms. The van der Waals surface area contributed by atoms with Gasteiger partial charge in [-0.2, -0.15) is 0 Å². The predicted octanol–water partition coefficient (Wildman–Crippen LogP) is 2.83. The zero-order chi connectivity index (χ0) is 14.5. The van der Waals surface area contributed by atoms with Crippen molar-refractivity contribution in [3.63, 3.8) is 0 Å². The number of carbonyl (C=O) groups excluding carboxylic acids is 1. The smallest absolute Gasteiger partial charge is 0.373 e. The van der Waals surface area contributed by atoms with Crippen LogP contribution in [0.15, 0.2) is 34.7 Å². The fraction of sp³-hybridized carbons (Fsp3) is 0.214. The summed E-state index contributed by atoms with van der Waals surface area (Å²) in [7, 11) is 2.69. The van der Waals surface area contributed by atoms with Crippen LogP contribution in [0.3, 0.4) is 0 Å². The van der Waals surface area contributed by atoms with Crippen LogP contribution in [0.2, 0.25) is 0 Å². The zero-order valence-corrected chi connectivity index (χ0v) is 11.1. The van der Waals surface area contributed by atoms with Crippen LogP contribution in [0.4, 0.5) is 10.1 Å². The van der Waals surface area contributed by atoms with Crippen molar-refractivity contribution in [2.24, 2.45) is 0 Å². The number of hydrogen-bond acceptors (Lipinski definition) is 5. The molecule has 0 aliphatic heterocycles. The lowest BCUT2D eigenvalue weighted by molar-refractivity contribution is 0.0563. The van der Waals surface area contributed by atoms with Gasteiger partial charge in [-0.25, -0.2) is 9.18 Å². The molecule has 5 nitrogen and oxygen atoms in total. The summed E-state index contributed by atoms with van der Waals surface area (Å²) in [4.78, 5) is 11.2. The summed E-state index contributed by atoms with van der Waals surface area (Å²) in [6, 6.07) is 7.64. The summed E-state index contributed by atoms with van der Waals surface area (Å²) in [6.07, 6.45) is 0. The van der Waals surface area contributed by atoms with Crippen LogP contribution in [-0.2, 0) is 11.3 Å². The Labute approximate surface area is 115 Å². The van der Waals surface area contributed by atoms with E-state index in [1.54, 1.807) is 18.2 Å². The minimum absolute atomic E-state index is 0.140. The molecule has 106 valence electrons. The molecule has 1 N–H and O–H groups in total. The van der Waals surface area contributed by atoms with Crippen LogP contribution in [0, 0.1) is 5.82 Å². The number of carbonyl (C=O) groups is 1. The van der Waals surface area contributed by atoms with Crippen molar-refractivity contribution in [2.45, 2.75) is 6.54 Å². The van der Waals surface area contributed by atoms with Gasteiger partial charge in [0.2, 0.25) is 5.76 Å². The number of esters is 1. The van der Waals surface area contributed by atoms with Crippen molar-refractivity contribution in [2.75, 3.05) is 19.5 Å². The maximum absolute atomic E-state index is 13.2. The van der Waals surface area contributed by atoms with Crippen molar-refractivity contribution in [1.29, 1.82) is 0 Å². The highest BCUT2D eigenvalue weighted by molar-refractivity contribution is 5.86. The quantitative estimate of drug-likeness (QED) is 0.853. The van der Waals surface area contributed by atoms with E-state index in [9.17, 15) is 9.18 Å². The number of anilines is 1. The van der Waals surface area contributed by atoms with E-state index >= 15 is 0 Å². The zero-order valence-electron chi connectivity index (χ0n) is 11.1. The Kier molecular flexibility index (Phi) is 4.24. The minimum Gasteiger partial charge on any atom is -0.494 e. The first-order valence-electron chi connectivity index (χ1n) is 5.88. The monoisotopic (exact) mass is 279 g/mol. The molecule has 6 heteroatoms. The lowest BCUT2D eigenvalue weighted by atomic mass is 10.3. The molecular weight excluding hydrogens is 265 g/mol. The van der Waals surface area contributed by atoms with Gasteiger partial charge in [0.1, 0.15) is 5.76 Å². The van der Waals surface area contributed by atoms with Gasteiger partial charge in [-0.3, -0.25) is 0 Å². The molecule has 0 amide bonds. The fourth-order valence-electron chi connectivity index (χ4n) is 1.64. The Bertz CT molecular complexity index is 609. The van der Waals surface area contributed by atoms with Crippen LogP contribution in [0.5, 0.6) is 5.75 Å². The molecule has 0 radical (unpaired) electrons. The number of nitrogens with one attached hydrogen (secondary N) is 1. The molecule has 0 fully saturated rings. The summed E-state index contributed by atoms with van der Waals surface area (Å²) in [5.41, 5.74) is 0.680. The van der Waals surface area contributed by atoms with Crippen LogP contribution in [-0.4, -0.2) is 20.2 Å². The Morgan fingerprint density at radius 1 is 1.30 bits per heavy atom. The maximum atomic E-state index is 13.2. The topological polar surface area (TPSA) is 60.7 Å². The van der Waals surface area contributed by atoms with E-state index in [0.717, 1.165) is 0 Å². The summed E-state index contributed by atoms with van der Waals surface area (Å²) in [6.45, 7) is 0.353. The van der Waals surface area contributed by atoms with Crippen molar-refractivity contribution in [1.82, 2.24) is 0 Å². The highest BCUT2D eigenvalue weighted by Crippen LogP contribution is 2.22. The van der Waals surface area contributed by atoms with Crippen molar-refractivity contribution in [3.05, 3.63) is 47.7 Å². The highest BCUT2D eigenvalue weighted by Gasteiger charge is 2.11. The van der Waals surface area contributed by atoms with Crippen LogP contribution >= 0.6 is 0 Å². The molecule has 0 saturated carbocycles. The second kappa shape index (κ2) is 6.10. The number of methoxy groups -OCH3 is 2. The Morgan fingerprint density at radius 3 is 2.80 bits per heavy atom. The van der Waals surface area contributed by atoms with Gasteiger partial charge in [0, 0.05) is 11.8 Å². The average Bonchev–Trinajstić information content (AvgIpc) is 2.94. The predicted molar refractivity (Wildman–Crippen MR) is 70.3 cm³/mol. The lowest BCUT2D eigenvalue weighted by Crippen LogP contribution is -2.00. The van der Waals surface area contributed by atoms with E-state index in [-0.39, 0.29) is 11.5 Å². The van der Waals surface area contributed by atoms with Gasteiger partial charge in [0.25, 0.3) is 0 Å². The first-order chi connectivity index (χ1) is 9.63. The molecule has 0 bridgehead atoms. The molecule has 0 atom stereocenters. The average molecular weight is 279 g/mol. The molecule has 1 aromatic carbocycles. The van der Waals surface area contributed by atoms with E-state index in [1.807, 2.05) is 0 Å². The molecule has 0 aliphatic carbocycles. The highest BCUT2D eigenvalue weighted by atomic mass is 19.1. The number of hydrogen-bond donors (Lipinski definition) is 1. The van der Waals surface area contributed by atoms with E-state index in [4.69, 9.17) is 9.15 Å². The number of benzene rings is 1. The standard InChI is InChI=1S/C14H14FNO4/c1-18-13-7-9(3-5-11(13)15)16-8-10-4-6-12(20-10)14(17)19-2/h3-7,16H,8H2,1-2H3. The van der Waals surface area contributed by atoms with E-state index < -0.39 is 11.8 Å². The van der Waals surface area contributed by atoms with Gasteiger partial charge < -0.3 is 19.2 Å². The largest absolute Gasteiger partial charge is 0.494 e. The molecule has 1 heterocycles. The van der Waals surface area contributed by atoms with Gasteiger partial charge in [-0.05, 0) is 24.3 Å². The van der Waals surface area contributed by atoms with E-state index in [1.165, 1.54) is 26.4 Å². The number of furan rings is 1. The van der Waals surface area contributed by atoms with E-state index in [0.29, 0.717) is 18.0 Å². The van der Waals surface area contributed by atoms with Crippen LogP contribution < -0.4 is 10.1 Å². The number of halogens is 1. The summed E-state index contributed by atoms with van der Waals surface area (Å²) >= 11 is 0. The van der Waals surface area contributed by atoms with E-state index in [2.05, 4.69) is 10.1 Å². The first-order valence-corrected chi connectivity index (χ1v) is 5.88. The summed E-state index contributed by atoms with van der Waals surface area (Å²) in [5.74, 6) is -0.0944. The van der Waals surface area contributed by atoms with Crippen molar-refractivity contribution < 1.29 is 23.1 Å². The molecule has 0 saturated heterocycles. The molecule has 20 heavy (non-hydrogen) atoms. The molecule has 0 unspecified atom stereocenters. The maximum Gasteiger partial charge on any atom is 0.373 e. The summed E-state index contributed by atoms with van der Waals surface area (Å²) < 4.78 is 28.0. The molecule has 2 rings (SSSR count). The molecule has 2 aromatic rings. The first kappa shape index (κ1) is 13.9. The molecule has 1 aromatic heterocycles. The third-order valence-corrected chi connectivity index (χ3v) is 2.67. The van der Waals surface area contributed by atoms with Gasteiger partial charge in [-0.15, -0.1) is 0 Å². The van der Waals surface area contributed by atoms with Crippen LogP contribution in [0.1, 0.15) is 16.3 Å². The minimum atomic E-state index is -0.528. The normalized spacial score (nSPS) is 10.2. The second-order valence-corrected chi connectivity index (χ2v) is 3.96. The molecule has 0 aliphatic rings. The Hall–Kier alpha value is -2.50. The summed E-state index contributed by atoms with van der Waals surface area (Å²) in [5, 5.41) is 3.04. The fourth-order valence-corrected chi connectivity index (χ4v) is 1.64. The lowest BCUT2D eigenvalue weighted by Gasteiger charge is -2.07. The van der Waals surface area contributed by atoms with Crippen molar-refractivity contribution >= 4 is 11.7 Å². The number of ether oxygens (including phenoxy) is 2. The third-order valence-electron chi connectivity index (χ3n) is 2.67.